The van der Waals surface area contributed by atoms with Gasteiger partial charge in [0, 0.05) is 4.88 Å². The number of tetrazole rings is 1. The van der Waals surface area contributed by atoms with E-state index < -0.39 is 12.1 Å². The van der Waals surface area contributed by atoms with Crippen LogP contribution in [0.5, 0.6) is 0 Å². The number of aromatic amines is 1. The quantitative estimate of drug-likeness (QED) is 0.704. The van der Waals surface area contributed by atoms with Crippen LogP contribution in [0.15, 0.2) is 11.1 Å². The first-order valence-corrected chi connectivity index (χ1v) is 7.67. The summed E-state index contributed by atoms with van der Waals surface area (Å²) < 4.78 is 6.52. The molecule has 1 N–H and O–H groups in total. The molecule has 23 heavy (non-hydrogen) atoms. The van der Waals surface area contributed by atoms with Gasteiger partial charge in [-0.1, -0.05) is 0 Å². The molecule has 0 aromatic carbocycles. The van der Waals surface area contributed by atoms with Gasteiger partial charge in [0.1, 0.15) is 17.7 Å². The molecule has 0 aliphatic carbocycles. The number of ether oxygens (including phenoxy) is 1. The highest BCUT2D eigenvalue weighted by molar-refractivity contribution is 7.18. The molecule has 0 spiro atoms. The van der Waals surface area contributed by atoms with Gasteiger partial charge in [-0.05, 0) is 36.8 Å². The number of aromatic nitrogens is 6. The van der Waals surface area contributed by atoms with Crippen molar-refractivity contribution in [3.05, 3.63) is 32.9 Å². The van der Waals surface area contributed by atoms with Gasteiger partial charge in [0.25, 0.3) is 5.56 Å². The number of nitrogens with zero attached hydrogens (tertiary/aromatic N) is 5. The second-order valence-electron chi connectivity index (χ2n) is 5.05. The Morgan fingerprint density at radius 1 is 1.48 bits per heavy atom. The zero-order valence-electron chi connectivity index (χ0n) is 12.7. The van der Waals surface area contributed by atoms with E-state index in [9.17, 15) is 9.59 Å². The molecule has 0 saturated heterocycles. The van der Waals surface area contributed by atoms with E-state index in [1.165, 1.54) is 22.3 Å². The normalized spacial score (nSPS) is 12.5. The summed E-state index contributed by atoms with van der Waals surface area (Å²) in [6.45, 7) is 5.37. The molecule has 120 valence electrons. The fourth-order valence-corrected chi connectivity index (χ4v) is 3.18. The van der Waals surface area contributed by atoms with Crippen molar-refractivity contribution < 1.29 is 9.53 Å². The van der Waals surface area contributed by atoms with E-state index in [1.807, 2.05) is 13.8 Å². The topological polar surface area (TPSA) is 116 Å². The molecular weight excluding hydrogens is 320 g/mol. The number of aryl methyl sites for hydroxylation is 2. The molecule has 3 aromatic rings. The molecule has 10 heteroatoms. The Morgan fingerprint density at radius 3 is 2.96 bits per heavy atom. The van der Waals surface area contributed by atoms with Crippen molar-refractivity contribution in [3.63, 3.8) is 0 Å². The Hall–Kier alpha value is -2.62. The van der Waals surface area contributed by atoms with Gasteiger partial charge in [0.15, 0.2) is 11.9 Å². The third-order valence-corrected chi connectivity index (χ3v) is 4.53. The monoisotopic (exact) mass is 334 g/mol. The lowest BCUT2D eigenvalue weighted by Gasteiger charge is -2.12. The zero-order chi connectivity index (χ0) is 16.6. The maximum Gasteiger partial charge on any atom is 0.328 e. The van der Waals surface area contributed by atoms with Crippen LogP contribution in [0.3, 0.4) is 0 Å². The molecule has 0 radical (unpaired) electrons. The van der Waals surface area contributed by atoms with E-state index >= 15 is 0 Å². The van der Waals surface area contributed by atoms with Crippen molar-refractivity contribution in [3.8, 4) is 0 Å². The zero-order valence-corrected chi connectivity index (χ0v) is 13.5. The Balaban J connectivity index is 1.82. The summed E-state index contributed by atoms with van der Waals surface area (Å²) in [5.41, 5.74) is 0.698. The number of hydrogen-bond donors (Lipinski definition) is 1. The lowest BCUT2D eigenvalue weighted by molar-refractivity contribution is -0.150. The summed E-state index contributed by atoms with van der Waals surface area (Å²) in [4.78, 5) is 32.8. The van der Waals surface area contributed by atoms with Gasteiger partial charge in [-0.3, -0.25) is 9.59 Å². The fourth-order valence-electron chi connectivity index (χ4n) is 2.14. The third kappa shape index (κ3) is 2.97. The van der Waals surface area contributed by atoms with Crippen molar-refractivity contribution in [1.29, 1.82) is 0 Å². The van der Waals surface area contributed by atoms with Crippen molar-refractivity contribution in [2.45, 2.75) is 33.4 Å². The molecule has 0 amide bonds. The maximum absolute atomic E-state index is 12.2. The molecule has 0 fully saturated rings. The van der Waals surface area contributed by atoms with Gasteiger partial charge in [-0.15, -0.1) is 16.4 Å². The number of esters is 1. The number of rotatable bonds is 4. The predicted molar refractivity (Wildman–Crippen MR) is 82.0 cm³/mol. The van der Waals surface area contributed by atoms with Crippen LogP contribution < -0.4 is 5.56 Å². The molecule has 0 bridgehead atoms. The average Bonchev–Trinajstić information content (AvgIpc) is 3.07. The number of H-pyrrole nitrogens is 1. The van der Waals surface area contributed by atoms with Crippen LogP contribution in [0.4, 0.5) is 0 Å². The number of thiophene rings is 1. The highest BCUT2D eigenvalue weighted by atomic mass is 32.1. The van der Waals surface area contributed by atoms with Gasteiger partial charge in [-0.2, -0.15) is 0 Å². The van der Waals surface area contributed by atoms with Crippen molar-refractivity contribution in [1.82, 2.24) is 30.2 Å². The van der Waals surface area contributed by atoms with Crippen LogP contribution in [-0.2, 0) is 16.1 Å². The second kappa shape index (κ2) is 5.88. The highest BCUT2D eigenvalue weighted by Gasteiger charge is 2.18. The number of carbonyl (C=O) groups excluding carboxylic acids is 1. The van der Waals surface area contributed by atoms with E-state index in [-0.39, 0.29) is 12.1 Å². The molecule has 0 unspecified atom stereocenters. The highest BCUT2D eigenvalue weighted by Crippen LogP contribution is 2.26. The molecular formula is C13H14N6O3S. The molecule has 0 saturated carbocycles. The summed E-state index contributed by atoms with van der Waals surface area (Å²) in [5.74, 6) is -0.208. The number of nitrogens with one attached hydrogen (secondary N) is 1. The Labute approximate surface area is 134 Å². The second-order valence-corrected chi connectivity index (χ2v) is 6.26. The van der Waals surface area contributed by atoms with Crippen LogP contribution >= 0.6 is 11.3 Å². The van der Waals surface area contributed by atoms with Gasteiger partial charge in [0.2, 0.25) is 0 Å². The third-order valence-electron chi connectivity index (χ3n) is 3.43. The molecule has 3 aromatic heterocycles. The number of carbonyl (C=O) groups is 1. The Morgan fingerprint density at radius 2 is 2.26 bits per heavy atom. The van der Waals surface area contributed by atoms with Gasteiger partial charge < -0.3 is 9.72 Å². The number of hydrogen-bond acceptors (Lipinski definition) is 8. The largest absolute Gasteiger partial charge is 0.453 e. The van der Waals surface area contributed by atoms with Crippen LogP contribution in [0.1, 0.15) is 29.3 Å². The first kappa shape index (κ1) is 15.3. The van der Waals surface area contributed by atoms with E-state index in [1.54, 1.807) is 6.92 Å². The molecule has 1 atom stereocenters. The van der Waals surface area contributed by atoms with Crippen LogP contribution in [0, 0.1) is 13.8 Å². The molecule has 0 aliphatic rings. The Kier molecular flexibility index (Phi) is 3.90. The molecule has 0 aliphatic heterocycles. The van der Waals surface area contributed by atoms with Gasteiger partial charge in [0.05, 0.1) is 5.39 Å². The predicted octanol–water partition coefficient (Wildman–Crippen LogP) is 0.892. The average molecular weight is 334 g/mol. The van der Waals surface area contributed by atoms with E-state index in [0.29, 0.717) is 16.0 Å². The number of fused-ring (bicyclic) bond motifs is 1. The smallest absolute Gasteiger partial charge is 0.328 e. The first-order chi connectivity index (χ1) is 11.0. The fraction of sp³-hybridized carbons (Fsp3) is 0.385. The van der Waals surface area contributed by atoms with Gasteiger partial charge >= 0.3 is 5.97 Å². The summed E-state index contributed by atoms with van der Waals surface area (Å²) >= 11 is 1.44. The van der Waals surface area contributed by atoms with E-state index in [4.69, 9.17) is 4.74 Å². The van der Waals surface area contributed by atoms with Crippen LogP contribution in [0.25, 0.3) is 10.2 Å². The van der Waals surface area contributed by atoms with Crippen molar-refractivity contribution in [2.75, 3.05) is 0 Å². The van der Waals surface area contributed by atoms with E-state index in [2.05, 4.69) is 25.5 Å². The van der Waals surface area contributed by atoms with Gasteiger partial charge in [-0.25, -0.2) is 9.67 Å². The summed E-state index contributed by atoms with van der Waals surface area (Å²) in [7, 11) is 0. The lowest BCUT2D eigenvalue weighted by atomic mass is 10.2. The standard InChI is InChI=1S/C13H14N6O3S/c1-6-8(3)23-13-10(6)12(21)15-11(16-13)7(2)22-9(20)4-19-5-14-17-18-19/h5,7H,4H2,1-3H3,(H,15,16,21)/t7-/m0/s1. The lowest BCUT2D eigenvalue weighted by Crippen LogP contribution is -2.20. The molecule has 3 rings (SSSR count). The van der Waals surface area contributed by atoms with Crippen LogP contribution in [-0.4, -0.2) is 36.1 Å². The van der Waals surface area contributed by atoms with Crippen molar-refractivity contribution >= 4 is 27.5 Å². The summed E-state index contributed by atoms with van der Waals surface area (Å²) in [5, 5.41) is 11.0. The Bertz CT molecular complexity index is 914. The van der Waals surface area contributed by atoms with E-state index in [0.717, 1.165) is 10.4 Å². The van der Waals surface area contributed by atoms with Crippen molar-refractivity contribution in [2.24, 2.45) is 0 Å². The first-order valence-electron chi connectivity index (χ1n) is 6.86. The molecule has 3 heterocycles. The summed E-state index contributed by atoms with van der Waals surface area (Å²) in [6.07, 6.45) is 0.633. The SMILES string of the molecule is Cc1sc2nc([C@H](C)OC(=O)Cn3cnnn3)[nH]c(=O)c2c1C. The minimum Gasteiger partial charge on any atom is -0.453 e. The molecule has 9 nitrogen and oxygen atoms in total. The minimum absolute atomic E-state index is 0.110. The minimum atomic E-state index is -0.682. The van der Waals surface area contributed by atoms with Crippen LogP contribution in [0.2, 0.25) is 0 Å². The maximum atomic E-state index is 12.2. The summed E-state index contributed by atoms with van der Waals surface area (Å²) in [6, 6.07) is 0.